The van der Waals surface area contributed by atoms with Gasteiger partial charge in [0.25, 0.3) is 11.6 Å². The highest BCUT2D eigenvalue weighted by Gasteiger charge is 2.14. The molecule has 0 aliphatic carbocycles. The number of ether oxygens (including phenoxy) is 2. The molecule has 0 aromatic heterocycles. The minimum absolute atomic E-state index is 0.136. The second-order valence-corrected chi connectivity index (χ2v) is 5.86. The van der Waals surface area contributed by atoms with Crippen LogP contribution in [0.15, 0.2) is 42.5 Å². The van der Waals surface area contributed by atoms with E-state index in [2.05, 4.69) is 19.2 Å². The highest BCUT2D eigenvalue weighted by atomic mass is 16.6. The summed E-state index contributed by atoms with van der Waals surface area (Å²) in [5, 5.41) is 13.4. The number of carbonyl (C=O) groups excluding carboxylic acids is 1. The van der Waals surface area contributed by atoms with E-state index in [-0.39, 0.29) is 18.0 Å². The number of hydrogen-bond donors (Lipinski definition) is 1. The molecule has 0 saturated heterocycles. The molecule has 0 radical (unpaired) electrons. The number of hydrogen-bond acceptors (Lipinski definition) is 5. The van der Waals surface area contributed by atoms with Crippen LogP contribution in [0.5, 0.6) is 11.5 Å². The number of rotatable bonds is 8. The molecule has 0 heterocycles. The Morgan fingerprint density at radius 3 is 2.50 bits per heavy atom. The first-order valence-electron chi connectivity index (χ1n) is 8.29. The van der Waals surface area contributed by atoms with Crippen LogP contribution in [0.1, 0.15) is 31.7 Å². The van der Waals surface area contributed by atoms with Crippen molar-refractivity contribution in [1.82, 2.24) is 0 Å². The fourth-order valence-electron chi connectivity index (χ4n) is 2.37. The van der Waals surface area contributed by atoms with E-state index in [4.69, 9.17) is 9.47 Å². The average molecular weight is 358 g/mol. The molecule has 7 heteroatoms. The number of benzene rings is 2. The van der Waals surface area contributed by atoms with Gasteiger partial charge in [0.15, 0.2) is 6.61 Å². The minimum atomic E-state index is -0.537. The van der Waals surface area contributed by atoms with Gasteiger partial charge in [-0.2, -0.15) is 0 Å². The molecule has 7 nitrogen and oxygen atoms in total. The summed E-state index contributed by atoms with van der Waals surface area (Å²) in [5.41, 5.74) is 1.30. The molecule has 1 atom stereocenters. The molecule has 0 aliphatic heterocycles. The summed E-state index contributed by atoms with van der Waals surface area (Å²) in [6, 6.07) is 11.6. The lowest BCUT2D eigenvalue weighted by molar-refractivity contribution is -0.384. The van der Waals surface area contributed by atoms with E-state index in [0.717, 1.165) is 6.42 Å². The van der Waals surface area contributed by atoms with E-state index in [9.17, 15) is 14.9 Å². The highest BCUT2D eigenvalue weighted by Crippen LogP contribution is 2.29. The zero-order valence-corrected chi connectivity index (χ0v) is 15.0. The van der Waals surface area contributed by atoms with Gasteiger partial charge in [-0.25, -0.2) is 0 Å². The van der Waals surface area contributed by atoms with E-state index >= 15 is 0 Å². The SMILES string of the molecule is CCC(C)c1ccc(OCC(=O)Nc2cc([N+](=O)[O-])ccc2OC)cc1. The summed E-state index contributed by atoms with van der Waals surface area (Å²) in [4.78, 5) is 22.4. The highest BCUT2D eigenvalue weighted by molar-refractivity contribution is 5.93. The standard InChI is InChI=1S/C19H22N2O5/c1-4-13(2)14-5-8-16(9-6-14)26-12-19(22)20-17-11-15(21(23)24)7-10-18(17)25-3/h5-11,13H,4,12H2,1-3H3,(H,20,22). The van der Waals surface area contributed by atoms with Gasteiger partial charge in [0.05, 0.1) is 17.7 Å². The van der Waals surface area contributed by atoms with Crippen molar-refractivity contribution in [2.24, 2.45) is 0 Å². The Balaban J connectivity index is 1.98. The molecule has 2 rings (SSSR count). The largest absolute Gasteiger partial charge is 0.495 e. The van der Waals surface area contributed by atoms with Crippen LogP contribution in [0.2, 0.25) is 0 Å². The Morgan fingerprint density at radius 1 is 1.23 bits per heavy atom. The van der Waals surface area contributed by atoms with Crippen LogP contribution in [-0.4, -0.2) is 24.5 Å². The number of nitro groups is 1. The van der Waals surface area contributed by atoms with Crippen LogP contribution in [-0.2, 0) is 4.79 Å². The summed E-state index contributed by atoms with van der Waals surface area (Å²) >= 11 is 0. The van der Waals surface area contributed by atoms with Gasteiger partial charge in [0.2, 0.25) is 0 Å². The maximum atomic E-state index is 12.1. The zero-order valence-electron chi connectivity index (χ0n) is 15.0. The lowest BCUT2D eigenvalue weighted by Crippen LogP contribution is -2.20. The average Bonchev–Trinajstić information content (AvgIpc) is 2.66. The van der Waals surface area contributed by atoms with Crippen molar-refractivity contribution >= 4 is 17.3 Å². The van der Waals surface area contributed by atoms with Crippen LogP contribution in [0, 0.1) is 10.1 Å². The third-order valence-electron chi connectivity index (χ3n) is 4.10. The molecule has 2 aromatic carbocycles. The monoisotopic (exact) mass is 358 g/mol. The van der Waals surface area contributed by atoms with Gasteiger partial charge in [0.1, 0.15) is 11.5 Å². The van der Waals surface area contributed by atoms with E-state index < -0.39 is 10.8 Å². The molecule has 0 saturated carbocycles. The maximum Gasteiger partial charge on any atom is 0.271 e. The minimum Gasteiger partial charge on any atom is -0.495 e. The lowest BCUT2D eigenvalue weighted by Gasteiger charge is -2.12. The van der Waals surface area contributed by atoms with Crippen molar-refractivity contribution in [2.45, 2.75) is 26.2 Å². The Kier molecular flexibility index (Phi) is 6.54. The molecule has 1 N–H and O–H groups in total. The van der Waals surface area contributed by atoms with E-state index in [1.807, 2.05) is 24.3 Å². The molecule has 2 aromatic rings. The van der Waals surface area contributed by atoms with Crippen molar-refractivity contribution in [3.05, 3.63) is 58.1 Å². The van der Waals surface area contributed by atoms with E-state index in [1.165, 1.54) is 30.9 Å². The first-order valence-corrected chi connectivity index (χ1v) is 8.29. The van der Waals surface area contributed by atoms with Gasteiger partial charge in [-0.3, -0.25) is 14.9 Å². The molecule has 1 amide bonds. The first-order chi connectivity index (χ1) is 12.4. The van der Waals surface area contributed by atoms with Crippen molar-refractivity contribution in [1.29, 1.82) is 0 Å². The lowest BCUT2D eigenvalue weighted by atomic mass is 9.99. The van der Waals surface area contributed by atoms with Crippen molar-refractivity contribution in [3.8, 4) is 11.5 Å². The Labute approximate surface area is 152 Å². The summed E-state index contributed by atoms with van der Waals surface area (Å²) in [6.45, 7) is 4.06. The zero-order chi connectivity index (χ0) is 19.1. The van der Waals surface area contributed by atoms with Gasteiger partial charge >= 0.3 is 0 Å². The molecule has 0 spiro atoms. The van der Waals surface area contributed by atoms with Crippen molar-refractivity contribution in [2.75, 3.05) is 19.0 Å². The fraction of sp³-hybridized carbons (Fsp3) is 0.316. The summed E-state index contributed by atoms with van der Waals surface area (Å²) in [5.74, 6) is 0.948. The van der Waals surface area contributed by atoms with Crippen molar-refractivity contribution < 1.29 is 19.2 Å². The Hall–Kier alpha value is -3.09. The van der Waals surface area contributed by atoms with Crippen LogP contribution < -0.4 is 14.8 Å². The van der Waals surface area contributed by atoms with Gasteiger partial charge < -0.3 is 14.8 Å². The van der Waals surface area contributed by atoms with Gasteiger partial charge in [-0.15, -0.1) is 0 Å². The van der Waals surface area contributed by atoms with Crippen LogP contribution >= 0.6 is 0 Å². The first kappa shape index (κ1) is 19.2. The van der Waals surface area contributed by atoms with E-state index in [0.29, 0.717) is 17.4 Å². The Bertz CT molecular complexity index is 774. The smallest absolute Gasteiger partial charge is 0.271 e. The molecule has 0 fully saturated rings. The predicted molar refractivity (Wildman–Crippen MR) is 98.9 cm³/mol. The molecule has 138 valence electrons. The summed E-state index contributed by atoms with van der Waals surface area (Å²) < 4.78 is 10.6. The van der Waals surface area contributed by atoms with Crippen molar-refractivity contribution in [3.63, 3.8) is 0 Å². The third-order valence-corrected chi connectivity index (χ3v) is 4.10. The molecule has 1 unspecified atom stereocenters. The predicted octanol–water partition coefficient (Wildman–Crippen LogP) is 4.13. The molecular weight excluding hydrogens is 336 g/mol. The number of anilines is 1. The number of carbonyl (C=O) groups is 1. The third kappa shape index (κ3) is 4.95. The number of nitrogens with one attached hydrogen (secondary N) is 1. The van der Waals surface area contributed by atoms with Gasteiger partial charge in [0, 0.05) is 12.1 Å². The van der Waals surface area contributed by atoms with Crippen LogP contribution in [0.4, 0.5) is 11.4 Å². The molecule has 26 heavy (non-hydrogen) atoms. The van der Waals surface area contributed by atoms with Crippen LogP contribution in [0.3, 0.4) is 0 Å². The molecule has 0 aliphatic rings. The number of nitro benzene ring substituents is 1. The second kappa shape index (κ2) is 8.84. The number of non-ortho nitro benzene ring substituents is 1. The maximum absolute atomic E-state index is 12.1. The summed E-state index contributed by atoms with van der Waals surface area (Å²) in [6.07, 6.45) is 1.05. The topological polar surface area (TPSA) is 90.7 Å². The number of nitrogens with zero attached hydrogens (tertiary/aromatic N) is 1. The van der Waals surface area contributed by atoms with Gasteiger partial charge in [-0.05, 0) is 36.1 Å². The van der Waals surface area contributed by atoms with Gasteiger partial charge in [-0.1, -0.05) is 26.0 Å². The second-order valence-electron chi connectivity index (χ2n) is 5.86. The quantitative estimate of drug-likeness (QED) is 0.566. The molecular formula is C19H22N2O5. The number of methoxy groups -OCH3 is 1. The normalized spacial score (nSPS) is 11.5. The fourth-order valence-corrected chi connectivity index (χ4v) is 2.37. The Morgan fingerprint density at radius 2 is 1.92 bits per heavy atom. The van der Waals surface area contributed by atoms with Crippen LogP contribution in [0.25, 0.3) is 0 Å². The summed E-state index contributed by atoms with van der Waals surface area (Å²) in [7, 11) is 1.42. The molecule has 0 bridgehead atoms. The van der Waals surface area contributed by atoms with E-state index in [1.54, 1.807) is 0 Å². The number of amides is 1.